The first-order valence-corrected chi connectivity index (χ1v) is 9.66. The molecule has 3 rings (SSSR count). The van der Waals surface area contributed by atoms with Crippen molar-refractivity contribution < 1.29 is 13.2 Å². The predicted molar refractivity (Wildman–Crippen MR) is 89.8 cm³/mol. The van der Waals surface area contributed by atoms with E-state index in [1.807, 2.05) is 30.5 Å². The highest BCUT2D eigenvalue weighted by Crippen LogP contribution is 2.21. The Labute approximate surface area is 135 Å². The minimum Gasteiger partial charge on any atom is -0.361 e. The Morgan fingerprint density at radius 2 is 2.17 bits per heavy atom. The number of nitrogens with one attached hydrogen (secondary N) is 2. The second kappa shape index (κ2) is 6.33. The van der Waals surface area contributed by atoms with Crippen LogP contribution in [0.2, 0.25) is 0 Å². The minimum absolute atomic E-state index is 0.0403. The summed E-state index contributed by atoms with van der Waals surface area (Å²) < 4.78 is 25.2. The quantitative estimate of drug-likeness (QED) is 0.892. The van der Waals surface area contributed by atoms with Crippen molar-refractivity contribution in [3.63, 3.8) is 0 Å². The number of sulfonamides is 1. The number of nitrogens with zero attached hydrogens (tertiary/aromatic N) is 1. The van der Waals surface area contributed by atoms with Gasteiger partial charge >= 0.3 is 0 Å². The maximum absolute atomic E-state index is 12.8. The number of carbonyl (C=O) groups excluding carboxylic acids is 1. The molecule has 7 heteroatoms. The monoisotopic (exact) mass is 335 g/mol. The number of rotatable bonds is 4. The Bertz CT molecular complexity index is 813. The van der Waals surface area contributed by atoms with Gasteiger partial charge in [0.15, 0.2) is 0 Å². The number of hydrogen-bond donors (Lipinski definition) is 2. The normalized spacial score (nSPS) is 19.2. The Hall–Kier alpha value is -1.86. The summed E-state index contributed by atoms with van der Waals surface area (Å²) >= 11 is 0. The van der Waals surface area contributed by atoms with Crippen LogP contribution in [0.15, 0.2) is 30.5 Å². The predicted octanol–water partition coefficient (Wildman–Crippen LogP) is 1.71. The van der Waals surface area contributed by atoms with E-state index in [2.05, 4.69) is 9.71 Å². The number of fused-ring (bicyclic) bond motifs is 1. The second-order valence-electron chi connectivity index (χ2n) is 6.05. The first-order chi connectivity index (χ1) is 10.9. The molecule has 1 amide bonds. The van der Waals surface area contributed by atoms with Crippen molar-refractivity contribution in [3.8, 4) is 0 Å². The smallest absolute Gasteiger partial charge is 0.254 e. The zero-order chi connectivity index (χ0) is 16.4. The van der Waals surface area contributed by atoms with Gasteiger partial charge < -0.3 is 9.88 Å². The number of piperidine rings is 1. The van der Waals surface area contributed by atoms with Crippen LogP contribution in [-0.2, 0) is 10.0 Å². The summed E-state index contributed by atoms with van der Waals surface area (Å²) in [5, 5.41) is 1.07. The SMILES string of the molecule is CS(=O)(=O)NCC1CCCCN1C(=O)c1ccc2cc[nH]c2c1. The van der Waals surface area contributed by atoms with Gasteiger partial charge in [-0.15, -0.1) is 0 Å². The van der Waals surface area contributed by atoms with Crippen molar-refractivity contribution in [1.29, 1.82) is 0 Å². The largest absolute Gasteiger partial charge is 0.361 e. The van der Waals surface area contributed by atoms with Gasteiger partial charge in [0.2, 0.25) is 10.0 Å². The Kier molecular flexibility index (Phi) is 4.41. The highest BCUT2D eigenvalue weighted by atomic mass is 32.2. The molecule has 0 spiro atoms. The van der Waals surface area contributed by atoms with Crippen LogP contribution in [0.1, 0.15) is 29.6 Å². The molecule has 0 saturated carbocycles. The van der Waals surface area contributed by atoms with Crippen LogP contribution in [-0.4, -0.2) is 49.6 Å². The Balaban J connectivity index is 1.79. The Morgan fingerprint density at radius 1 is 1.35 bits per heavy atom. The molecule has 1 fully saturated rings. The number of H-pyrrole nitrogens is 1. The van der Waals surface area contributed by atoms with E-state index < -0.39 is 10.0 Å². The van der Waals surface area contributed by atoms with E-state index in [4.69, 9.17) is 0 Å². The molecule has 23 heavy (non-hydrogen) atoms. The summed E-state index contributed by atoms with van der Waals surface area (Å²) in [4.78, 5) is 17.7. The van der Waals surface area contributed by atoms with E-state index in [1.54, 1.807) is 4.90 Å². The number of likely N-dealkylation sites (tertiary alicyclic amines) is 1. The van der Waals surface area contributed by atoms with Gasteiger partial charge in [-0.2, -0.15) is 0 Å². The topological polar surface area (TPSA) is 82.3 Å². The maximum Gasteiger partial charge on any atom is 0.254 e. The van der Waals surface area contributed by atoms with Crippen LogP contribution in [0.25, 0.3) is 10.9 Å². The van der Waals surface area contributed by atoms with E-state index in [-0.39, 0.29) is 18.5 Å². The van der Waals surface area contributed by atoms with Crippen LogP contribution >= 0.6 is 0 Å². The van der Waals surface area contributed by atoms with Crippen molar-refractivity contribution in [2.45, 2.75) is 25.3 Å². The van der Waals surface area contributed by atoms with Gasteiger partial charge in [0.05, 0.1) is 6.26 Å². The van der Waals surface area contributed by atoms with Gasteiger partial charge in [0, 0.05) is 36.4 Å². The lowest BCUT2D eigenvalue weighted by molar-refractivity contribution is 0.0619. The van der Waals surface area contributed by atoms with Crippen molar-refractivity contribution in [2.75, 3.05) is 19.3 Å². The molecule has 2 aromatic rings. The van der Waals surface area contributed by atoms with Crippen LogP contribution < -0.4 is 4.72 Å². The number of carbonyl (C=O) groups is 1. The molecular formula is C16H21N3O3S. The zero-order valence-electron chi connectivity index (χ0n) is 13.1. The summed E-state index contributed by atoms with van der Waals surface area (Å²) in [5.41, 5.74) is 1.56. The molecule has 0 radical (unpaired) electrons. The van der Waals surface area contributed by atoms with Crippen LogP contribution in [0.3, 0.4) is 0 Å². The number of aromatic amines is 1. The van der Waals surface area contributed by atoms with Crippen LogP contribution in [0, 0.1) is 0 Å². The molecule has 1 unspecified atom stereocenters. The van der Waals surface area contributed by atoms with Crippen LogP contribution in [0.5, 0.6) is 0 Å². The fourth-order valence-electron chi connectivity index (χ4n) is 3.07. The minimum atomic E-state index is -3.25. The molecule has 1 aliphatic heterocycles. The molecule has 0 aliphatic carbocycles. The average molecular weight is 335 g/mol. The van der Waals surface area contributed by atoms with Crippen molar-refractivity contribution >= 4 is 26.8 Å². The third-order valence-corrected chi connectivity index (χ3v) is 4.96. The summed E-state index contributed by atoms with van der Waals surface area (Å²) in [5.74, 6) is -0.0403. The molecule has 2 heterocycles. The fraction of sp³-hybridized carbons (Fsp3) is 0.438. The average Bonchev–Trinajstić information content (AvgIpc) is 2.99. The highest BCUT2D eigenvalue weighted by Gasteiger charge is 2.28. The standard InChI is InChI=1S/C16H21N3O3S/c1-23(21,22)18-11-14-4-2-3-9-19(14)16(20)13-6-5-12-7-8-17-15(12)10-13/h5-8,10,14,17-18H,2-4,9,11H2,1H3. The van der Waals surface area contributed by atoms with Gasteiger partial charge in [-0.25, -0.2) is 13.1 Å². The van der Waals surface area contributed by atoms with Crippen molar-refractivity contribution in [3.05, 3.63) is 36.0 Å². The molecule has 1 aromatic heterocycles. The van der Waals surface area contributed by atoms with E-state index in [0.717, 1.165) is 36.4 Å². The Morgan fingerprint density at radius 3 is 2.96 bits per heavy atom. The molecular weight excluding hydrogens is 314 g/mol. The maximum atomic E-state index is 12.8. The summed E-state index contributed by atoms with van der Waals surface area (Å²) in [6.07, 6.45) is 5.76. The first-order valence-electron chi connectivity index (χ1n) is 7.77. The molecule has 2 N–H and O–H groups in total. The molecule has 124 valence electrons. The van der Waals surface area contributed by atoms with Gasteiger partial charge in [0.1, 0.15) is 0 Å². The lowest BCUT2D eigenvalue weighted by atomic mass is 10.0. The zero-order valence-corrected chi connectivity index (χ0v) is 13.9. The van der Waals surface area contributed by atoms with Gasteiger partial charge in [-0.05, 0) is 42.8 Å². The van der Waals surface area contributed by atoms with E-state index >= 15 is 0 Å². The van der Waals surface area contributed by atoms with E-state index in [1.165, 1.54) is 0 Å². The molecule has 1 atom stereocenters. The fourth-order valence-corrected chi connectivity index (χ4v) is 3.57. The first kappa shape index (κ1) is 16.0. The summed E-state index contributed by atoms with van der Waals surface area (Å²) in [7, 11) is -3.25. The van der Waals surface area contributed by atoms with Gasteiger partial charge in [-0.1, -0.05) is 6.07 Å². The molecule has 6 nitrogen and oxygen atoms in total. The van der Waals surface area contributed by atoms with Gasteiger partial charge in [-0.3, -0.25) is 4.79 Å². The number of aromatic nitrogens is 1. The molecule has 1 saturated heterocycles. The summed E-state index contributed by atoms with van der Waals surface area (Å²) in [6.45, 7) is 0.938. The number of benzene rings is 1. The molecule has 0 bridgehead atoms. The van der Waals surface area contributed by atoms with Gasteiger partial charge in [0.25, 0.3) is 5.91 Å². The number of hydrogen-bond acceptors (Lipinski definition) is 3. The lowest BCUT2D eigenvalue weighted by Crippen LogP contribution is -2.49. The lowest BCUT2D eigenvalue weighted by Gasteiger charge is -2.35. The third kappa shape index (κ3) is 3.73. The highest BCUT2D eigenvalue weighted by molar-refractivity contribution is 7.88. The van der Waals surface area contributed by atoms with Crippen molar-refractivity contribution in [1.82, 2.24) is 14.6 Å². The van der Waals surface area contributed by atoms with Crippen molar-refractivity contribution in [2.24, 2.45) is 0 Å². The summed E-state index contributed by atoms with van der Waals surface area (Å²) in [6, 6.07) is 7.47. The van der Waals surface area contributed by atoms with E-state index in [0.29, 0.717) is 12.1 Å². The van der Waals surface area contributed by atoms with E-state index in [9.17, 15) is 13.2 Å². The molecule has 1 aliphatic rings. The molecule has 1 aromatic carbocycles. The number of amides is 1. The third-order valence-electron chi connectivity index (χ3n) is 4.27. The second-order valence-corrected chi connectivity index (χ2v) is 7.88. The van der Waals surface area contributed by atoms with Crippen LogP contribution in [0.4, 0.5) is 0 Å².